The third-order valence-corrected chi connectivity index (χ3v) is 4.15. The van der Waals surface area contributed by atoms with Crippen LogP contribution in [-0.4, -0.2) is 37.0 Å². The highest BCUT2D eigenvalue weighted by Gasteiger charge is 2.18. The highest BCUT2D eigenvalue weighted by atomic mass is 16.5. The van der Waals surface area contributed by atoms with Crippen molar-refractivity contribution in [3.05, 3.63) is 0 Å². The summed E-state index contributed by atoms with van der Waals surface area (Å²) in [7, 11) is 1.39. The maximum Gasteiger partial charge on any atom is 0.307 e. The summed E-state index contributed by atoms with van der Waals surface area (Å²) in [5.74, 6) is 0.685. The van der Waals surface area contributed by atoms with Crippen LogP contribution in [-0.2, 0) is 14.3 Å². The summed E-state index contributed by atoms with van der Waals surface area (Å²) >= 11 is 0. The van der Waals surface area contributed by atoms with Crippen LogP contribution in [0.4, 0.5) is 0 Å². The van der Waals surface area contributed by atoms with Gasteiger partial charge in [0.25, 0.3) is 0 Å². The number of esters is 1. The first kappa shape index (κ1) is 17.0. The van der Waals surface area contributed by atoms with Gasteiger partial charge in [-0.25, -0.2) is 0 Å². The molecule has 4 heteroatoms. The van der Waals surface area contributed by atoms with Gasteiger partial charge in [0.15, 0.2) is 0 Å². The molecule has 1 aliphatic rings. The highest BCUT2D eigenvalue weighted by Crippen LogP contribution is 2.27. The maximum atomic E-state index is 12.3. The van der Waals surface area contributed by atoms with Crippen LogP contribution in [0, 0.1) is 5.92 Å². The van der Waals surface area contributed by atoms with Crippen LogP contribution in [0.2, 0.25) is 0 Å². The van der Waals surface area contributed by atoms with E-state index in [4.69, 9.17) is 0 Å². The molecule has 0 aromatic carbocycles. The molecular weight excluding hydrogens is 254 g/mol. The lowest BCUT2D eigenvalue weighted by atomic mass is 9.86. The average Bonchev–Trinajstić information content (AvgIpc) is 2.49. The van der Waals surface area contributed by atoms with Crippen molar-refractivity contribution >= 4 is 11.9 Å². The Bertz CT molecular complexity index is 298. The van der Waals surface area contributed by atoms with E-state index in [1.165, 1.54) is 39.2 Å². The van der Waals surface area contributed by atoms with E-state index < -0.39 is 0 Å². The van der Waals surface area contributed by atoms with E-state index in [0.717, 1.165) is 25.3 Å². The Hall–Kier alpha value is -1.06. The Morgan fingerprint density at radius 1 is 1.10 bits per heavy atom. The number of hydrogen-bond acceptors (Lipinski definition) is 3. The second-order valence-corrected chi connectivity index (χ2v) is 5.75. The number of hydrogen-bond donors (Lipinski definition) is 0. The fraction of sp³-hybridized carbons (Fsp3) is 0.875. The van der Waals surface area contributed by atoms with Gasteiger partial charge in [-0.3, -0.25) is 9.59 Å². The largest absolute Gasteiger partial charge is 0.469 e. The molecule has 1 fully saturated rings. The Morgan fingerprint density at radius 2 is 1.80 bits per heavy atom. The summed E-state index contributed by atoms with van der Waals surface area (Å²) in [6, 6.07) is 0. The third kappa shape index (κ3) is 6.40. The van der Waals surface area contributed by atoms with E-state index in [0.29, 0.717) is 19.4 Å². The molecule has 0 aromatic heterocycles. The number of amides is 1. The van der Waals surface area contributed by atoms with Gasteiger partial charge in [-0.05, 0) is 18.8 Å². The molecule has 20 heavy (non-hydrogen) atoms. The number of nitrogens with zero attached hydrogens (tertiary/aromatic N) is 1. The molecule has 0 aromatic rings. The van der Waals surface area contributed by atoms with Gasteiger partial charge in [-0.15, -0.1) is 0 Å². The van der Waals surface area contributed by atoms with Crippen molar-refractivity contribution in [1.29, 1.82) is 0 Å². The third-order valence-electron chi connectivity index (χ3n) is 4.15. The number of rotatable bonds is 8. The van der Waals surface area contributed by atoms with Gasteiger partial charge in [-0.2, -0.15) is 0 Å². The molecule has 4 nitrogen and oxygen atoms in total. The molecule has 1 saturated carbocycles. The first-order chi connectivity index (χ1) is 9.67. The van der Waals surface area contributed by atoms with Crippen molar-refractivity contribution in [2.24, 2.45) is 5.92 Å². The molecule has 0 saturated heterocycles. The summed E-state index contributed by atoms with van der Waals surface area (Å²) < 4.78 is 4.64. The van der Waals surface area contributed by atoms with E-state index >= 15 is 0 Å². The van der Waals surface area contributed by atoms with Crippen molar-refractivity contribution in [2.45, 2.75) is 64.7 Å². The van der Waals surface area contributed by atoms with Crippen LogP contribution < -0.4 is 0 Å². The van der Waals surface area contributed by atoms with E-state index in [1.54, 1.807) is 0 Å². The number of carbonyl (C=O) groups is 2. The molecular formula is C16H29NO3. The Kier molecular flexibility index (Phi) is 8.31. The zero-order valence-electron chi connectivity index (χ0n) is 13.0. The minimum absolute atomic E-state index is 0.196. The Balaban J connectivity index is 2.32. The summed E-state index contributed by atoms with van der Waals surface area (Å²) in [5.41, 5.74) is 0. The summed E-state index contributed by atoms with van der Waals surface area (Å²) in [6.45, 7) is 3.28. The van der Waals surface area contributed by atoms with E-state index in [-0.39, 0.29) is 11.9 Å². The molecule has 1 amide bonds. The minimum atomic E-state index is -0.244. The lowest BCUT2D eigenvalue weighted by Crippen LogP contribution is -2.34. The zero-order valence-corrected chi connectivity index (χ0v) is 13.0. The van der Waals surface area contributed by atoms with Gasteiger partial charge in [-0.1, -0.05) is 39.0 Å². The van der Waals surface area contributed by atoms with Crippen molar-refractivity contribution < 1.29 is 14.3 Å². The normalized spacial score (nSPS) is 15.9. The molecule has 0 atom stereocenters. The van der Waals surface area contributed by atoms with Crippen molar-refractivity contribution in [1.82, 2.24) is 4.90 Å². The molecule has 0 radical (unpaired) electrons. The van der Waals surface area contributed by atoms with Crippen LogP contribution in [0.5, 0.6) is 0 Å². The van der Waals surface area contributed by atoms with Gasteiger partial charge in [0.2, 0.25) is 5.91 Å². The number of ether oxygens (including phenoxy) is 1. The second kappa shape index (κ2) is 9.78. The first-order valence-corrected chi connectivity index (χ1v) is 8.02. The summed E-state index contributed by atoms with van der Waals surface area (Å²) in [6.07, 6.45) is 9.42. The van der Waals surface area contributed by atoms with E-state index in [2.05, 4.69) is 11.7 Å². The van der Waals surface area contributed by atoms with Crippen molar-refractivity contribution in [2.75, 3.05) is 20.2 Å². The Labute approximate surface area is 122 Å². The summed E-state index contributed by atoms with van der Waals surface area (Å²) in [5, 5.41) is 0. The van der Waals surface area contributed by atoms with Gasteiger partial charge in [0.1, 0.15) is 0 Å². The quantitative estimate of drug-likeness (QED) is 0.643. The van der Waals surface area contributed by atoms with Crippen LogP contribution in [0.3, 0.4) is 0 Å². The van der Waals surface area contributed by atoms with Crippen molar-refractivity contribution in [3.63, 3.8) is 0 Å². The highest BCUT2D eigenvalue weighted by molar-refractivity contribution is 5.77. The standard InChI is InChI=1S/C16H29NO3/c1-3-12-17(13-11-16(19)20-2)15(18)10-9-14-7-5-4-6-8-14/h14H,3-13H2,1-2H3. The summed E-state index contributed by atoms with van der Waals surface area (Å²) in [4.78, 5) is 25.3. The molecule has 0 heterocycles. The Morgan fingerprint density at radius 3 is 2.40 bits per heavy atom. The molecule has 0 aliphatic heterocycles. The fourth-order valence-electron chi connectivity index (χ4n) is 2.92. The van der Waals surface area contributed by atoms with Crippen LogP contribution in [0.1, 0.15) is 64.7 Å². The predicted octanol–water partition coefficient (Wildman–Crippen LogP) is 3.15. The van der Waals surface area contributed by atoms with E-state index in [1.807, 2.05) is 4.90 Å². The predicted molar refractivity (Wildman–Crippen MR) is 79.3 cm³/mol. The topological polar surface area (TPSA) is 46.6 Å². The molecule has 0 spiro atoms. The van der Waals surface area contributed by atoms with Crippen LogP contribution in [0.15, 0.2) is 0 Å². The molecule has 116 valence electrons. The molecule has 1 rings (SSSR count). The first-order valence-electron chi connectivity index (χ1n) is 8.02. The van der Waals surface area contributed by atoms with Gasteiger partial charge in [0.05, 0.1) is 13.5 Å². The fourth-order valence-corrected chi connectivity index (χ4v) is 2.92. The number of methoxy groups -OCH3 is 1. The van der Waals surface area contributed by atoms with Gasteiger partial charge in [0, 0.05) is 19.5 Å². The van der Waals surface area contributed by atoms with Gasteiger partial charge >= 0.3 is 5.97 Å². The van der Waals surface area contributed by atoms with Crippen LogP contribution >= 0.6 is 0 Å². The van der Waals surface area contributed by atoms with E-state index in [9.17, 15) is 9.59 Å². The molecule has 0 N–H and O–H groups in total. The monoisotopic (exact) mass is 283 g/mol. The zero-order chi connectivity index (χ0) is 14.8. The molecule has 0 bridgehead atoms. The van der Waals surface area contributed by atoms with Crippen molar-refractivity contribution in [3.8, 4) is 0 Å². The SMILES string of the molecule is CCCN(CCC(=O)OC)C(=O)CCC1CCCCC1. The molecule has 0 unspecified atom stereocenters. The average molecular weight is 283 g/mol. The van der Waals surface area contributed by atoms with Gasteiger partial charge < -0.3 is 9.64 Å². The smallest absolute Gasteiger partial charge is 0.307 e. The second-order valence-electron chi connectivity index (χ2n) is 5.75. The maximum absolute atomic E-state index is 12.3. The number of carbonyl (C=O) groups excluding carboxylic acids is 2. The van der Waals surface area contributed by atoms with Crippen LogP contribution in [0.25, 0.3) is 0 Å². The lowest BCUT2D eigenvalue weighted by Gasteiger charge is -2.25. The molecule has 1 aliphatic carbocycles. The minimum Gasteiger partial charge on any atom is -0.469 e. The lowest BCUT2D eigenvalue weighted by molar-refractivity contribution is -0.141.